The number of fused-ring (bicyclic) bond motifs is 1. The van der Waals surface area contributed by atoms with Crippen molar-refractivity contribution in [3.05, 3.63) is 41.6 Å². The number of pyridine rings is 1. The third-order valence-corrected chi connectivity index (χ3v) is 4.71. The van der Waals surface area contributed by atoms with E-state index in [1.165, 1.54) is 5.69 Å². The molecular weight excluding hydrogens is 334 g/mol. The van der Waals surface area contributed by atoms with Crippen molar-refractivity contribution in [3.63, 3.8) is 0 Å². The fraction of sp³-hybridized carbons (Fsp3) is 0.529. The number of methoxy groups -OCH3 is 1. The lowest BCUT2D eigenvalue weighted by Gasteiger charge is -2.32. The molecule has 3 aromatic heterocycles. The van der Waals surface area contributed by atoms with Gasteiger partial charge in [0.2, 0.25) is 0 Å². The van der Waals surface area contributed by atoms with Gasteiger partial charge in [-0.05, 0) is 29.5 Å². The van der Waals surface area contributed by atoms with Crippen LogP contribution in [0.5, 0.6) is 0 Å². The summed E-state index contributed by atoms with van der Waals surface area (Å²) in [5.41, 5.74) is 3.25. The summed E-state index contributed by atoms with van der Waals surface area (Å²) in [6, 6.07) is 6.07. The molecular formula is C17H23N7O2. The van der Waals surface area contributed by atoms with Crippen molar-refractivity contribution < 1.29 is 9.47 Å². The molecule has 0 amide bonds. The molecule has 0 N–H and O–H groups in total. The van der Waals surface area contributed by atoms with Crippen LogP contribution in [0.2, 0.25) is 0 Å². The van der Waals surface area contributed by atoms with E-state index < -0.39 is 0 Å². The predicted molar refractivity (Wildman–Crippen MR) is 93.6 cm³/mol. The van der Waals surface area contributed by atoms with E-state index in [9.17, 15) is 0 Å². The van der Waals surface area contributed by atoms with Crippen LogP contribution in [0, 0.1) is 6.92 Å². The van der Waals surface area contributed by atoms with Crippen LogP contribution >= 0.6 is 0 Å². The van der Waals surface area contributed by atoms with Crippen LogP contribution < -0.4 is 0 Å². The molecule has 0 bridgehead atoms. The number of rotatable bonds is 6. The van der Waals surface area contributed by atoms with Gasteiger partial charge in [0.05, 0.1) is 31.1 Å². The van der Waals surface area contributed by atoms with E-state index in [-0.39, 0.29) is 6.10 Å². The molecule has 138 valence electrons. The van der Waals surface area contributed by atoms with Crippen LogP contribution in [0.25, 0.3) is 5.65 Å². The van der Waals surface area contributed by atoms with Gasteiger partial charge in [0, 0.05) is 32.9 Å². The average Bonchev–Trinajstić information content (AvgIpc) is 3.25. The van der Waals surface area contributed by atoms with Gasteiger partial charge in [-0.1, -0.05) is 6.07 Å². The lowest BCUT2D eigenvalue weighted by Crippen LogP contribution is -2.39. The first kappa shape index (κ1) is 17.1. The van der Waals surface area contributed by atoms with E-state index in [1.54, 1.807) is 11.8 Å². The van der Waals surface area contributed by atoms with Crippen molar-refractivity contribution in [2.45, 2.75) is 26.1 Å². The summed E-state index contributed by atoms with van der Waals surface area (Å²) < 4.78 is 15.0. The van der Waals surface area contributed by atoms with Crippen LogP contribution in [0.1, 0.15) is 23.3 Å². The second kappa shape index (κ2) is 7.48. The molecule has 0 aliphatic carbocycles. The molecule has 1 fully saturated rings. The molecule has 0 aromatic carbocycles. The molecule has 1 saturated heterocycles. The summed E-state index contributed by atoms with van der Waals surface area (Å²) in [6.07, 6.45) is 1.92. The Balaban J connectivity index is 1.50. The molecule has 1 atom stereocenters. The number of nitrogens with zero attached hydrogens (tertiary/aromatic N) is 7. The van der Waals surface area contributed by atoms with E-state index in [0.717, 1.165) is 36.8 Å². The van der Waals surface area contributed by atoms with Crippen molar-refractivity contribution in [1.29, 1.82) is 0 Å². The zero-order valence-electron chi connectivity index (χ0n) is 15.1. The first-order valence-electron chi connectivity index (χ1n) is 8.78. The molecule has 0 spiro atoms. The van der Waals surface area contributed by atoms with Gasteiger partial charge >= 0.3 is 0 Å². The number of aromatic nitrogens is 6. The topological polar surface area (TPSA) is 82.6 Å². The van der Waals surface area contributed by atoms with E-state index in [2.05, 4.69) is 42.9 Å². The summed E-state index contributed by atoms with van der Waals surface area (Å²) in [5.74, 6) is 0.751. The minimum atomic E-state index is -0.143. The number of tetrazole rings is 1. The zero-order chi connectivity index (χ0) is 17.9. The summed E-state index contributed by atoms with van der Waals surface area (Å²) in [6.45, 7) is 6.32. The van der Waals surface area contributed by atoms with Gasteiger partial charge in [-0.3, -0.25) is 4.90 Å². The van der Waals surface area contributed by atoms with E-state index in [4.69, 9.17) is 9.47 Å². The van der Waals surface area contributed by atoms with Gasteiger partial charge in [-0.2, -0.15) is 0 Å². The number of hydrogen-bond donors (Lipinski definition) is 0. The minimum absolute atomic E-state index is 0.143. The Hall–Kier alpha value is -2.36. The highest BCUT2D eigenvalue weighted by molar-refractivity contribution is 5.42. The van der Waals surface area contributed by atoms with E-state index in [1.807, 2.05) is 18.2 Å². The minimum Gasteiger partial charge on any atom is -0.383 e. The third-order valence-electron chi connectivity index (χ3n) is 4.71. The summed E-state index contributed by atoms with van der Waals surface area (Å²) in [5, 5.41) is 12.0. The zero-order valence-corrected chi connectivity index (χ0v) is 15.1. The summed E-state index contributed by atoms with van der Waals surface area (Å²) in [4.78, 5) is 7.02. The van der Waals surface area contributed by atoms with Crippen molar-refractivity contribution in [3.8, 4) is 0 Å². The average molecular weight is 357 g/mol. The molecule has 1 aliphatic heterocycles. The Bertz CT molecular complexity index is 875. The molecule has 9 nitrogen and oxygen atoms in total. The van der Waals surface area contributed by atoms with Crippen LogP contribution in [-0.2, 0) is 22.6 Å². The van der Waals surface area contributed by atoms with E-state index in [0.29, 0.717) is 19.8 Å². The van der Waals surface area contributed by atoms with Crippen LogP contribution in [0.4, 0.5) is 0 Å². The molecule has 26 heavy (non-hydrogen) atoms. The second-order valence-corrected chi connectivity index (χ2v) is 6.42. The monoisotopic (exact) mass is 357 g/mol. The van der Waals surface area contributed by atoms with Crippen molar-refractivity contribution in [2.24, 2.45) is 0 Å². The number of ether oxygens (including phenoxy) is 2. The highest BCUT2D eigenvalue weighted by Crippen LogP contribution is 2.22. The lowest BCUT2D eigenvalue weighted by atomic mass is 10.2. The van der Waals surface area contributed by atoms with Gasteiger partial charge in [0.1, 0.15) is 11.8 Å². The highest BCUT2D eigenvalue weighted by atomic mass is 16.5. The first-order chi connectivity index (χ1) is 12.8. The third kappa shape index (κ3) is 3.33. The molecule has 0 radical (unpaired) electrons. The van der Waals surface area contributed by atoms with Crippen LogP contribution in [0.15, 0.2) is 24.4 Å². The predicted octanol–water partition coefficient (Wildman–Crippen LogP) is 0.849. The standard InChI is InChI=1S/C17H23N7O2/c1-13-14(23-6-4-3-5-16(23)18-13)11-22-7-10-26-15(12-22)17-19-20-21-24(17)8-9-25-2/h3-6,15H,7-12H2,1-2H3/t15-/m0/s1. The van der Waals surface area contributed by atoms with Crippen LogP contribution in [-0.4, -0.2) is 67.9 Å². The van der Waals surface area contributed by atoms with Crippen molar-refractivity contribution >= 4 is 5.65 Å². The quantitative estimate of drug-likeness (QED) is 0.647. The smallest absolute Gasteiger partial charge is 0.181 e. The molecule has 4 rings (SSSR count). The molecule has 3 aromatic rings. The Morgan fingerprint density at radius 2 is 2.27 bits per heavy atom. The Morgan fingerprint density at radius 3 is 3.15 bits per heavy atom. The Morgan fingerprint density at radius 1 is 1.35 bits per heavy atom. The molecule has 4 heterocycles. The molecule has 9 heteroatoms. The van der Waals surface area contributed by atoms with E-state index >= 15 is 0 Å². The van der Waals surface area contributed by atoms with Gasteiger partial charge < -0.3 is 13.9 Å². The SMILES string of the molecule is COCCn1nnnc1[C@@H]1CN(Cc2c(C)nc3ccccn23)CCO1. The Labute approximate surface area is 151 Å². The Kier molecular flexibility index (Phi) is 4.91. The first-order valence-corrected chi connectivity index (χ1v) is 8.78. The summed E-state index contributed by atoms with van der Waals surface area (Å²) in [7, 11) is 1.67. The largest absolute Gasteiger partial charge is 0.383 e. The molecule has 0 saturated carbocycles. The fourth-order valence-electron chi connectivity index (χ4n) is 3.35. The maximum atomic E-state index is 5.94. The highest BCUT2D eigenvalue weighted by Gasteiger charge is 2.27. The summed E-state index contributed by atoms with van der Waals surface area (Å²) >= 11 is 0. The van der Waals surface area contributed by atoms with Crippen molar-refractivity contribution in [1.82, 2.24) is 34.5 Å². The van der Waals surface area contributed by atoms with Crippen LogP contribution in [0.3, 0.4) is 0 Å². The molecule has 0 unspecified atom stereocenters. The maximum absolute atomic E-state index is 5.94. The maximum Gasteiger partial charge on any atom is 0.181 e. The normalized spacial score (nSPS) is 18.6. The van der Waals surface area contributed by atoms with Crippen molar-refractivity contribution in [2.75, 3.05) is 33.4 Å². The van der Waals surface area contributed by atoms with Gasteiger partial charge in [0.25, 0.3) is 0 Å². The van der Waals surface area contributed by atoms with Gasteiger partial charge in [0.15, 0.2) is 5.82 Å². The number of imidazole rings is 1. The second-order valence-electron chi connectivity index (χ2n) is 6.42. The van der Waals surface area contributed by atoms with Gasteiger partial charge in [-0.15, -0.1) is 5.10 Å². The fourth-order valence-corrected chi connectivity index (χ4v) is 3.35. The lowest BCUT2D eigenvalue weighted by molar-refractivity contribution is -0.0401. The number of morpholine rings is 1. The number of aryl methyl sites for hydroxylation is 1. The van der Waals surface area contributed by atoms with Gasteiger partial charge in [-0.25, -0.2) is 9.67 Å². The molecule has 1 aliphatic rings. The number of hydrogen-bond acceptors (Lipinski definition) is 7.